The molecule has 2 fully saturated rings. The lowest BCUT2D eigenvalue weighted by Gasteiger charge is -2.35. The van der Waals surface area contributed by atoms with Gasteiger partial charge in [-0.1, -0.05) is 27.7 Å². The van der Waals surface area contributed by atoms with Crippen LogP contribution in [-0.4, -0.2) is 47.8 Å². The van der Waals surface area contributed by atoms with E-state index in [0.717, 1.165) is 0 Å². The highest BCUT2D eigenvalue weighted by atomic mass is 16.6. The Bertz CT molecular complexity index is 235. The summed E-state index contributed by atoms with van der Waals surface area (Å²) in [4.78, 5) is 2.25. The van der Waals surface area contributed by atoms with Crippen molar-refractivity contribution in [1.29, 1.82) is 0 Å². The number of aliphatic hydroxyl groups excluding tert-OH is 1. The monoisotopic (exact) mass is 229 g/mol. The van der Waals surface area contributed by atoms with Crippen LogP contribution in [0.4, 0.5) is 0 Å². The third-order valence-corrected chi connectivity index (χ3v) is 3.58. The zero-order chi connectivity index (χ0) is 11.9. The Morgan fingerprint density at radius 1 is 1.12 bits per heavy atom. The Balaban J connectivity index is 2.25. The van der Waals surface area contributed by atoms with Crippen LogP contribution >= 0.6 is 0 Å². The van der Waals surface area contributed by atoms with E-state index in [1.807, 2.05) is 0 Å². The summed E-state index contributed by atoms with van der Waals surface area (Å²) in [5.41, 5.74) is -0.302. The van der Waals surface area contributed by atoms with Crippen LogP contribution in [0.25, 0.3) is 0 Å². The average molecular weight is 229 g/mol. The molecule has 94 valence electrons. The van der Waals surface area contributed by atoms with Crippen molar-refractivity contribution in [3.63, 3.8) is 0 Å². The van der Waals surface area contributed by atoms with Crippen LogP contribution in [0.15, 0.2) is 0 Å². The summed E-state index contributed by atoms with van der Waals surface area (Å²) in [6.07, 6.45) is 0.143. The highest BCUT2D eigenvalue weighted by Crippen LogP contribution is 2.40. The lowest BCUT2D eigenvalue weighted by Crippen LogP contribution is -2.53. The van der Waals surface area contributed by atoms with E-state index in [1.54, 1.807) is 0 Å². The second-order valence-corrected chi connectivity index (χ2v) is 5.68. The molecule has 2 rings (SSSR count). The second kappa shape index (κ2) is 4.26. The van der Waals surface area contributed by atoms with Crippen molar-refractivity contribution in [3.8, 4) is 0 Å². The predicted molar refractivity (Wildman–Crippen MR) is 60.8 cm³/mol. The summed E-state index contributed by atoms with van der Waals surface area (Å²) in [5.74, 6) is 0.827. The van der Waals surface area contributed by atoms with E-state index < -0.39 is 0 Å². The average Bonchev–Trinajstić information content (AvgIpc) is 2.72. The van der Waals surface area contributed by atoms with E-state index in [9.17, 15) is 5.11 Å². The maximum absolute atomic E-state index is 9.62. The Morgan fingerprint density at radius 2 is 1.56 bits per heavy atom. The van der Waals surface area contributed by atoms with Crippen LogP contribution in [-0.2, 0) is 9.47 Å². The number of fused-ring (bicyclic) bond motifs is 1. The number of hydrogen-bond acceptors (Lipinski definition) is 4. The molecule has 16 heavy (non-hydrogen) atoms. The van der Waals surface area contributed by atoms with Gasteiger partial charge in [-0.15, -0.1) is 0 Å². The van der Waals surface area contributed by atoms with Crippen LogP contribution in [0.2, 0.25) is 0 Å². The first-order chi connectivity index (χ1) is 7.52. The van der Waals surface area contributed by atoms with Gasteiger partial charge in [0, 0.05) is 0 Å². The minimum atomic E-state index is -0.302. The van der Waals surface area contributed by atoms with Crippen molar-refractivity contribution < 1.29 is 14.6 Å². The lowest BCUT2D eigenvalue weighted by molar-refractivity contribution is -0.0959. The van der Waals surface area contributed by atoms with Crippen molar-refractivity contribution >= 4 is 0 Å². The fourth-order valence-electron chi connectivity index (χ4n) is 2.72. The third kappa shape index (κ3) is 1.68. The first kappa shape index (κ1) is 12.3. The van der Waals surface area contributed by atoms with Gasteiger partial charge in [0.25, 0.3) is 0 Å². The molecule has 4 heteroatoms. The molecule has 2 aliphatic heterocycles. The van der Waals surface area contributed by atoms with Gasteiger partial charge in [0.2, 0.25) is 0 Å². The molecule has 0 bridgehead atoms. The van der Waals surface area contributed by atoms with Gasteiger partial charge in [0.1, 0.15) is 12.5 Å². The molecule has 2 aliphatic rings. The van der Waals surface area contributed by atoms with Crippen molar-refractivity contribution in [2.75, 3.05) is 19.8 Å². The summed E-state index contributed by atoms with van der Waals surface area (Å²) in [7, 11) is 0. The van der Waals surface area contributed by atoms with Crippen LogP contribution in [0, 0.1) is 11.8 Å². The first-order valence-corrected chi connectivity index (χ1v) is 6.14. The van der Waals surface area contributed by atoms with E-state index in [1.165, 1.54) is 0 Å². The normalized spacial score (nSPS) is 33.9. The Labute approximate surface area is 97.5 Å². The molecule has 4 nitrogen and oxygen atoms in total. The van der Waals surface area contributed by atoms with Crippen molar-refractivity contribution in [1.82, 2.24) is 4.90 Å². The molecule has 0 aliphatic carbocycles. The summed E-state index contributed by atoms with van der Waals surface area (Å²) >= 11 is 0. The van der Waals surface area contributed by atoms with E-state index in [2.05, 4.69) is 32.6 Å². The SMILES string of the molecule is CC(C)[C@H]1OCC2(CO)CO[C@H](C(C)C)N12. The zero-order valence-electron chi connectivity index (χ0n) is 10.6. The van der Waals surface area contributed by atoms with Gasteiger partial charge < -0.3 is 14.6 Å². The molecule has 2 saturated heterocycles. The molecule has 0 aromatic carbocycles. The zero-order valence-corrected chi connectivity index (χ0v) is 10.6. The topological polar surface area (TPSA) is 41.9 Å². The molecule has 0 saturated carbocycles. The van der Waals surface area contributed by atoms with E-state index in [0.29, 0.717) is 25.0 Å². The lowest BCUT2D eigenvalue weighted by atomic mass is 10.00. The number of ether oxygens (including phenoxy) is 2. The summed E-state index contributed by atoms with van der Waals surface area (Å²) in [5, 5.41) is 9.62. The van der Waals surface area contributed by atoms with Gasteiger partial charge >= 0.3 is 0 Å². The van der Waals surface area contributed by atoms with Crippen molar-refractivity contribution in [2.45, 2.75) is 45.7 Å². The molecule has 0 aromatic heterocycles. The molecular weight excluding hydrogens is 206 g/mol. The van der Waals surface area contributed by atoms with Gasteiger partial charge in [-0.25, -0.2) is 4.90 Å². The number of aliphatic hydroxyl groups is 1. The summed E-state index contributed by atoms with van der Waals surface area (Å²) in [6.45, 7) is 9.86. The number of nitrogens with zero attached hydrogens (tertiary/aromatic N) is 1. The number of hydrogen-bond donors (Lipinski definition) is 1. The largest absolute Gasteiger partial charge is 0.394 e. The van der Waals surface area contributed by atoms with E-state index in [4.69, 9.17) is 9.47 Å². The standard InChI is InChI=1S/C12H23NO3/c1-8(2)10-13-11(9(3)4)16-7-12(13,5-14)6-15-10/h8-11,14H,5-7H2,1-4H3/t10-,11-/m1/s1. The van der Waals surface area contributed by atoms with E-state index in [-0.39, 0.29) is 24.6 Å². The first-order valence-electron chi connectivity index (χ1n) is 6.14. The Hall–Kier alpha value is -0.160. The molecular formula is C12H23NO3. The van der Waals surface area contributed by atoms with Gasteiger partial charge in [-0.2, -0.15) is 0 Å². The summed E-state index contributed by atoms with van der Waals surface area (Å²) in [6, 6.07) is 0. The fourth-order valence-corrected chi connectivity index (χ4v) is 2.72. The molecule has 0 unspecified atom stereocenters. The quantitative estimate of drug-likeness (QED) is 0.785. The second-order valence-electron chi connectivity index (χ2n) is 5.68. The van der Waals surface area contributed by atoms with Crippen LogP contribution in [0.5, 0.6) is 0 Å². The Morgan fingerprint density at radius 3 is 1.88 bits per heavy atom. The molecule has 0 spiro atoms. The molecule has 0 aromatic rings. The molecule has 2 atom stereocenters. The number of rotatable bonds is 3. The third-order valence-electron chi connectivity index (χ3n) is 3.58. The molecule has 0 amide bonds. The highest BCUT2D eigenvalue weighted by molar-refractivity contribution is 5.02. The highest BCUT2D eigenvalue weighted by Gasteiger charge is 2.56. The maximum Gasteiger partial charge on any atom is 0.115 e. The minimum absolute atomic E-state index is 0.0713. The van der Waals surface area contributed by atoms with Crippen LogP contribution in [0.3, 0.4) is 0 Å². The van der Waals surface area contributed by atoms with Gasteiger partial charge in [0.15, 0.2) is 0 Å². The van der Waals surface area contributed by atoms with E-state index >= 15 is 0 Å². The smallest absolute Gasteiger partial charge is 0.115 e. The molecule has 0 radical (unpaired) electrons. The van der Waals surface area contributed by atoms with Crippen LogP contribution in [0.1, 0.15) is 27.7 Å². The maximum atomic E-state index is 9.62. The van der Waals surface area contributed by atoms with Gasteiger partial charge in [-0.3, -0.25) is 0 Å². The fraction of sp³-hybridized carbons (Fsp3) is 1.00. The van der Waals surface area contributed by atoms with Gasteiger partial charge in [0.05, 0.1) is 25.4 Å². The minimum Gasteiger partial charge on any atom is -0.394 e. The Kier molecular flexibility index (Phi) is 3.27. The van der Waals surface area contributed by atoms with Crippen LogP contribution < -0.4 is 0 Å². The molecule has 1 N–H and O–H groups in total. The van der Waals surface area contributed by atoms with Gasteiger partial charge in [-0.05, 0) is 11.8 Å². The van der Waals surface area contributed by atoms with Crippen molar-refractivity contribution in [2.24, 2.45) is 11.8 Å². The summed E-state index contributed by atoms with van der Waals surface area (Å²) < 4.78 is 11.7. The molecule has 2 heterocycles. The predicted octanol–water partition coefficient (Wildman–Crippen LogP) is 1.04. The van der Waals surface area contributed by atoms with Crippen molar-refractivity contribution in [3.05, 3.63) is 0 Å².